The number of quaternary nitrogens is 1. The van der Waals surface area contributed by atoms with Crippen molar-refractivity contribution in [1.82, 2.24) is 4.90 Å². The summed E-state index contributed by atoms with van der Waals surface area (Å²) in [5.74, 6) is 2.75. The van der Waals surface area contributed by atoms with E-state index in [1.165, 1.54) is 4.90 Å². The largest absolute Gasteiger partial charge is 0.496 e. The monoisotopic (exact) mass is 401 g/mol. The second-order valence-corrected chi connectivity index (χ2v) is 6.94. The molecule has 1 aliphatic rings. The van der Waals surface area contributed by atoms with Crippen LogP contribution in [0.1, 0.15) is 15.9 Å². The van der Waals surface area contributed by atoms with E-state index in [4.69, 9.17) is 18.9 Å². The molecule has 0 radical (unpaired) electrons. The second-order valence-electron chi connectivity index (χ2n) is 6.94. The van der Waals surface area contributed by atoms with Crippen LogP contribution in [0, 0.1) is 0 Å². The zero-order chi connectivity index (χ0) is 20.8. The van der Waals surface area contributed by atoms with E-state index in [0.29, 0.717) is 35.9 Å². The molecule has 0 saturated carbocycles. The Labute approximate surface area is 171 Å². The molecule has 0 aliphatic carbocycles. The van der Waals surface area contributed by atoms with Crippen molar-refractivity contribution in [1.29, 1.82) is 0 Å². The fourth-order valence-corrected chi connectivity index (χ4v) is 3.69. The Morgan fingerprint density at radius 1 is 0.862 bits per heavy atom. The van der Waals surface area contributed by atoms with Gasteiger partial charge in [0.2, 0.25) is 0 Å². The van der Waals surface area contributed by atoms with E-state index >= 15 is 0 Å². The van der Waals surface area contributed by atoms with Crippen LogP contribution in [0.3, 0.4) is 0 Å². The first kappa shape index (κ1) is 20.8. The molecule has 7 nitrogen and oxygen atoms in total. The number of carbonyl (C=O) groups excluding carboxylic acids is 1. The van der Waals surface area contributed by atoms with Crippen molar-refractivity contribution in [3.8, 4) is 23.0 Å². The molecule has 29 heavy (non-hydrogen) atoms. The van der Waals surface area contributed by atoms with Crippen LogP contribution in [-0.2, 0) is 6.54 Å². The van der Waals surface area contributed by atoms with Crippen LogP contribution in [0.4, 0.5) is 0 Å². The number of benzene rings is 2. The van der Waals surface area contributed by atoms with Crippen molar-refractivity contribution in [3.63, 3.8) is 0 Å². The van der Waals surface area contributed by atoms with Gasteiger partial charge in [-0.05, 0) is 18.2 Å². The molecule has 0 spiro atoms. The lowest BCUT2D eigenvalue weighted by Gasteiger charge is -2.32. The maximum Gasteiger partial charge on any atom is 0.258 e. The van der Waals surface area contributed by atoms with Gasteiger partial charge in [0.05, 0.1) is 65.7 Å². The van der Waals surface area contributed by atoms with Crippen LogP contribution in [0.15, 0.2) is 36.4 Å². The summed E-state index contributed by atoms with van der Waals surface area (Å²) in [6, 6.07) is 11.2. The summed E-state index contributed by atoms with van der Waals surface area (Å²) in [6.45, 7) is 3.90. The molecule has 1 amide bonds. The molecule has 1 saturated heterocycles. The quantitative estimate of drug-likeness (QED) is 0.757. The highest BCUT2D eigenvalue weighted by atomic mass is 16.5. The summed E-state index contributed by atoms with van der Waals surface area (Å²) in [4.78, 5) is 16.2. The summed E-state index contributed by atoms with van der Waals surface area (Å²) < 4.78 is 21.7. The van der Waals surface area contributed by atoms with Gasteiger partial charge in [0.25, 0.3) is 5.91 Å². The molecule has 0 atom stereocenters. The van der Waals surface area contributed by atoms with Gasteiger partial charge in [0, 0.05) is 6.07 Å². The second kappa shape index (κ2) is 9.52. The van der Waals surface area contributed by atoms with Crippen molar-refractivity contribution in [2.45, 2.75) is 6.54 Å². The first-order valence-corrected chi connectivity index (χ1v) is 9.66. The molecule has 0 aromatic heterocycles. The molecule has 156 valence electrons. The lowest BCUT2D eigenvalue weighted by atomic mass is 10.1. The molecule has 2 aromatic carbocycles. The third-order valence-electron chi connectivity index (χ3n) is 5.32. The maximum absolute atomic E-state index is 12.9. The molecular formula is C22H29N2O5+. The van der Waals surface area contributed by atoms with Crippen LogP contribution in [-0.4, -0.2) is 65.4 Å². The number of hydrogen-bond donors (Lipinski definition) is 1. The molecule has 2 aromatic rings. The zero-order valence-corrected chi connectivity index (χ0v) is 17.5. The van der Waals surface area contributed by atoms with Gasteiger partial charge in [-0.2, -0.15) is 0 Å². The minimum Gasteiger partial charge on any atom is -0.496 e. The summed E-state index contributed by atoms with van der Waals surface area (Å²) in [7, 11) is 6.48. The summed E-state index contributed by atoms with van der Waals surface area (Å²) in [5.41, 5.74) is 1.67. The average molecular weight is 401 g/mol. The highest BCUT2D eigenvalue weighted by molar-refractivity contribution is 5.97. The standard InChI is InChI=1S/C22H28N2O5/c1-26-18-8-6-5-7-17(18)22(25)24-11-9-23(10-12-24)15-16-13-20(28-3)21(29-4)14-19(16)27-2/h5-8,13-14H,9-12,15H2,1-4H3/p+1. The number of para-hydroxylation sites is 1. The number of nitrogens with one attached hydrogen (secondary N) is 1. The van der Waals surface area contributed by atoms with E-state index in [9.17, 15) is 4.79 Å². The van der Waals surface area contributed by atoms with E-state index in [1.54, 1.807) is 28.4 Å². The van der Waals surface area contributed by atoms with Crippen LogP contribution >= 0.6 is 0 Å². The van der Waals surface area contributed by atoms with Crippen LogP contribution in [0.25, 0.3) is 0 Å². The number of hydrogen-bond acceptors (Lipinski definition) is 5. The van der Waals surface area contributed by atoms with E-state index in [1.807, 2.05) is 41.3 Å². The highest BCUT2D eigenvalue weighted by Crippen LogP contribution is 2.34. The van der Waals surface area contributed by atoms with Crippen molar-refractivity contribution in [3.05, 3.63) is 47.5 Å². The number of carbonyl (C=O) groups is 1. The smallest absolute Gasteiger partial charge is 0.258 e. The van der Waals surface area contributed by atoms with Gasteiger partial charge < -0.3 is 28.7 Å². The molecule has 1 aliphatic heterocycles. The summed E-state index contributed by atoms with van der Waals surface area (Å²) in [6.07, 6.45) is 0. The normalized spacial score (nSPS) is 14.4. The third kappa shape index (κ3) is 4.56. The number of nitrogens with zero attached hydrogens (tertiary/aromatic N) is 1. The van der Waals surface area contributed by atoms with Gasteiger partial charge >= 0.3 is 0 Å². The van der Waals surface area contributed by atoms with Crippen molar-refractivity contribution in [2.75, 3.05) is 54.6 Å². The Morgan fingerprint density at radius 2 is 1.45 bits per heavy atom. The summed E-state index contributed by atoms with van der Waals surface area (Å²) >= 11 is 0. The first-order chi connectivity index (χ1) is 14.1. The van der Waals surface area contributed by atoms with Crippen molar-refractivity contribution < 1.29 is 28.6 Å². The van der Waals surface area contributed by atoms with Crippen LogP contribution in [0.5, 0.6) is 23.0 Å². The number of methoxy groups -OCH3 is 4. The van der Waals surface area contributed by atoms with E-state index in [-0.39, 0.29) is 5.91 Å². The topological polar surface area (TPSA) is 61.7 Å². The maximum atomic E-state index is 12.9. The molecule has 1 heterocycles. The van der Waals surface area contributed by atoms with Crippen LogP contribution in [0.2, 0.25) is 0 Å². The zero-order valence-electron chi connectivity index (χ0n) is 17.5. The van der Waals surface area contributed by atoms with Gasteiger partial charge in [-0.25, -0.2) is 0 Å². The minimum absolute atomic E-state index is 0.0187. The fourth-order valence-electron chi connectivity index (χ4n) is 3.69. The number of piperazine rings is 1. The Balaban J connectivity index is 1.66. The number of amides is 1. The van der Waals surface area contributed by atoms with Gasteiger partial charge in [0.15, 0.2) is 11.5 Å². The molecular weight excluding hydrogens is 372 g/mol. The molecule has 7 heteroatoms. The van der Waals surface area contributed by atoms with Gasteiger partial charge in [-0.3, -0.25) is 4.79 Å². The predicted molar refractivity (Wildman–Crippen MR) is 109 cm³/mol. The third-order valence-corrected chi connectivity index (χ3v) is 5.32. The van der Waals surface area contributed by atoms with Crippen LogP contribution < -0.4 is 23.8 Å². The SMILES string of the molecule is COc1cc(OC)c(OC)cc1C[NH+]1CCN(C(=O)c2ccccc2OC)CC1. The summed E-state index contributed by atoms with van der Waals surface area (Å²) in [5, 5.41) is 0. The van der Waals surface area contributed by atoms with E-state index in [2.05, 4.69) is 0 Å². The minimum atomic E-state index is 0.0187. The van der Waals surface area contributed by atoms with Crippen molar-refractivity contribution in [2.24, 2.45) is 0 Å². The molecule has 0 unspecified atom stereocenters. The average Bonchev–Trinajstić information content (AvgIpc) is 2.78. The Bertz CT molecular complexity index is 847. The Morgan fingerprint density at radius 3 is 2.07 bits per heavy atom. The molecule has 1 fully saturated rings. The van der Waals surface area contributed by atoms with Gasteiger partial charge in [0.1, 0.15) is 18.0 Å². The van der Waals surface area contributed by atoms with E-state index in [0.717, 1.165) is 30.9 Å². The first-order valence-electron chi connectivity index (χ1n) is 9.66. The molecule has 0 bridgehead atoms. The lowest BCUT2D eigenvalue weighted by molar-refractivity contribution is -0.917. The van der Waals surface area contributed by atoms with Gasteiger partial charge in [-0.15, -0.1) is 0 Å². The number of ether oxygens (including phenoxy) is 4. The Hall–Kier alpha value is -2.93. The van der Waals surface area contributed by atoms with E-state index < -0.39 is 0 Å². The molecule has 3 rings (SSSR count). The lowest BCUT2D eigenvalue weighted by Crippen LogP contribution is -3.13. The van der Waals surface area contributed by atoms with Gasteiger partial charge in [-0.1, -0.05) is 12.1 Å². The molecule has 1 N–H and O–H groups in total. The predicted octanol–water partition coefficient (Wildman–Crippen LogP) is 1.26. The fraction of sp³-hybridized carbons (Fsp3) is 0.409. The van der Waals surface area contributed by atoms with Crippen molar-refractivity contribution >= 4 is 5.91 Å². The Kier molecular flexibility index (Phi) is 6.82. The highest BCUT2D eigenvalue weighted by Gasteiger charge is 2.27. The number of rotatable bonds is 7.